The largest absolute Gasteiger partial charge is 0.383 e. The first-order chi connectivity index (χ1) is 6.79. The van der Waals surface area contributed by atoms with Crippen LogP contribution in [0.3, 0.4) is 0 Å². The molecule has 0 unspecified atom stereocenters. The van der Waals surface area contributed by atoms with Gasteiger partial charge in [-0.05, 0) is 12.8 Å². The van der Waals surface area contributed by atoms with Crippen molar-refractivity contribution in [3.8, 4) is 0 Å². The molecule has 0 spiro atoms. The number of piperazine rings is 1. The third-order valence-corrected chi connectivity index (χ3v) is 3.56. The summed E-state index contributed by atoms with van der Waals surface area (Å²) in [5.74, 6) is 0. The first kappa shape index (κ1) is 12.0. The Balaban J connectivity index is 2.56. The lowest BCUT2D eigenvalue weighted by atomic mass is 9.88. The maximum atomic E-state index is 5.16. The molecule has 1 saturated heterocycles. The monoisotopic (exact) mass is 200 g/mol. The highest BCUT2D eigenvalue weighted by molar-refractivity contribution is 4.93. The summed E-state index contributed by atoms with van der Waals surface area (Å²) in [4.78, 5) is 2.59. The first-order valence-corrected chi connectivity index (χ1v) is 5.73. The van der Waals surface area contributed by atoms with Crippen LogP contribution in [0.4, 0.5) is 0 Å². The molecule has 0 aliphatic carbocycles. The Kier molecular flexibility index (Phi) is 4.85. The average Bonchev–Trinajstić information content (AvgIpc) is 2.26. The highest BCUT2D eigenvalue weighted by Crippen LogP contribution is 2.24. The molecule has 1 heterocycles. The molecule has 0 radical (unpaired) electrons. The summed E-state index contributed by atoms with van der Waals surface area (Å²) in [6.45, 7) is 9.90. The summed E-state index contributed by atoms with van der Waals surface area (Å²) in [5.41, 5.74) is 0.372. The van der Waals surface area contributed by atoms with E-state index in [9.17, 15) is 0 Å². The molecule has 1 fully saturated rings. The predicted octanol–water partition coefficient (Wildman–Crippen LogP) is 1.10. The van der Waals surface area contributed by atoms with E-state index in [1.54, 1.807) is 7.11 Å². The third kappa shape index (κ3) is 2.47. The summed E-state index contributed by atoms with van der Waals surface area (Å²) >= 11 is 0. The zero-order chi connectivity index (χ0) is 10.4. The van der Waals surface area contributed by atoms with Crippen molar-refractivity contribution < 1.29 is 4.74 Å². The van der Waals surface area contributed by atoms with Gasteiger partial charge in [-0.1, -0.05) is 13.8 Å². The summed E-state index contributed by atoms with van der Waals surface area (Å²) in [7, 11) is 1.78. The van der Waals surface area contributed by atoms with Gasteiger partial charge in [0, 0.05) is 38.8 Å². The quantitative estimate of drug-likeness (QED) is 0.719. The molecule has 14 heavy (non-hydrogen) atoms. The molecular weight excluding hydrogens is 176 g/mol. The molecule has 0 bridgehead atoms. The van der Waals surface area contributed by atoms with Gasteiger partial charge < -0.3 is 10.1 Å². The zero-order valence-electron chi connectivity index (χ0n) is 9.81. The van der Waals surface area contributed by atoms with E-state index in [1.165, 1.54) is 12.8 Å². The van der Waals surface area contributed by atoms with Gasteiger partial charge in [0.2, 0.25) is 0 Å². The number of nitrogens with zero attached hydrogens (tertiary/aromatic N) is 1. The Bertz CT molecular complexity index is 157. The SMILES string of the molecule is CCC1(CC)CNCCN1CCOC. The fraction of sp³-hybridized carbons (Fsp3) is 1.00. The van der Waals surface area contributed by atoms with Crippen molar-refractivity contribution >= 4 is 0 Å². The van der Waals surface area contributed by atoms with Gasteiger partial charge >= 0.3 is 0 Å². The average molecular weight is 200 g/mol. The molecule has 0 amide bonds. The Morgan fingerprint density at radius 3 is 2.64 bits per heavy atom. The number of methoxy groups -OCH3 is 1. The van der Waals surface area contributed by atoms with Crippen LogP contribution in [-0.2, 0) is 4.74 Å². The maximum absolute atomic E-state index is 5.16. The van der Waals surface area contributed by atoms with Gasteiger partial charge in [0.25, 0.3) is 0 Å². The van der Waals surface area contributed by atoms with Gasteiger partial charge in [-0.2, -0.15) is 0 Å². The molecule has 3 heteroatoms. The van der Waals surface area contributed by atoms with E-state index >= 15 is 0 Å². The Labute approximate surface area is 87.8 Å². The minimum absolute atomic E-state index is 0.372. The van der Waals surface area contributed by atoms with E-state index in [4.69, 9.17) is 4.74 Å². The zero-order valence-corrected chi connectivity index (χ0v) is 9.81. The Hall–Kier alpha value is -0.120. The summed E-state index contributed by atoms with van der Waals surface area (Å²) < 4.78 is 5.16. The van der Waals surface area contributed by atoms with Gasteiger partial charge in [0.05, 0.1) is 6.61 Å². The second-order valence-electron chi connectivity index (χ2n) is 4.09. The van der Waals surface area contributed by atoms with E-state index in [1.807, 2.05) is 0 Å². The van der Waals surface area contributed by atoms with Crippen LogP contribution in [0, 0.1) is 0 Å². The van der Waals surface area contributed by atoms with Crippen molar-refractivity contribution in [2.75, 3.05) is 39.9 Å². The van der Waals surface area contributed by atoms with Crippen molar-refractivity contribution in [1.29, 1.82) is 0 Å². The lowest BCUT2D eigenvalue weighted by molar-refractivity contribution is 0.0290. The molecule has 1 aliphatic rings. The first-order valence-electron chi connectivity index (χ1n) is 5.73. The molecule has 0 saturated carbocycles. The van der Waals surface area contributed by atoms with Crippen LogP contribution in [0.15, 0.2) is 0 Å². The molecule has 1 N–H and O–H groups in total. The van der Waals surface area contributed by atoms with Crippen molar-refractivity contribution in [3.63, 3.8) is 0 Å². The fourth-order valence-electron chi connectivity index (χ4n) is 2.38. The lowest BCUT2D eigenvalue weighted by Gasteiger charge is -2.47. The smallest absolute Gasteiger partial charge is 0.0589 e. The number of ether oxygens (including phenoxy) is 1. The highest BCUT2D eigenvalue weighted by Gasteiger charge is 2.34. The molecule has 0 aromatic rings. The minimum Gasteiger partial charge on any atom is -0.383 e. The number of hydrogen-bond donors (Lipinski definition) is 1. The van der Waals surface area contributed by atoms with E-state index in [0.29, 0.717) is 5.54 Å². The van der Waals surface area contributed by atoms with Crippen LogP contribution in [0.1, 0.15) is 26.7 Å². The van der Waals surface area contributed by atoms with Gasteiger partial charge in [-0.15, -0.1) is 0 Å². The second kappa shape index (κ2) is 5.69. The van der Waals surface area contributed by atoms with Crippen LogP contribution < -0.4 is 5.32 Å². The van der Waals surface area contributed by atoms with E-state index in [2.05, 4.69) is 24.1 Å². The van der Waals surface area contributed by atoms with Crippen molar-refractivity contribution in [2.45, 2.75) is 32.2 Å². The number of rotatable bonds is 5. The molecule has 0 atom stereocenters. The van der Waals surface area contributed by atoms with Crippen LogP contribution >= 0.6 is 0 Å². The Morgan fingerprint density at radius 2 is 2.07 bits per heavy atom. The van der Waals surface area contributed by atoms with Crippen LogP contribution in [0.25, 0.3) is 0 Å². The molecular formula is C11H24N2O. The van der Waals surface area contributed by atoms with Crippen molar-refractivity contribution in [3.05, 3.63) is 0 Å². The molecule has 1 aliphatic heterocycles. The molecule has 3 nitrogen and oxygen atoms in total. The normalized spacial score (nSPS) is 22.5. The molecule has 1 rings (SSSR count). The highest BCUT2D eigenvalue weighted by atomic mass is 16.5. The topological polar surface area (TPSA) is 24.5 Å². The Morgan fingerprint density at radius 1 is 1.36 bits per heavy atom. The van der Waals surface area contributed by atoms with Crippen molar-refractivity contribution in [1.82, 2.24) is 10.2 Å². The van der Waals surface area contributed by atoms with E-state index in [0.717, 1.165) is 32.8 Å². The standard InChI is InChI=1S/C11H24N2O/c1-4-11(5-2)10-12-6-7-13(11)8-9-14-3/h12H,4-10H2,1-3H3. The fourth-order valence-corrected chi connectivity index (χ4v) is 2.38. The predicted molar refractivity (Wildman–Crippen MR) is 59.6 cm³/mol. The lowest BCUT2D eigenvalue weighted by Crippen LogP contribution is -2.61. The molecule has 0 aromatic heterocycles. The molecule has 84 valence electrons. The van der Waals surface area contributed by atoms with Gasteiger partial charge in [-0.3, -0.25) is 4.90 Å². The molecule has 0 aromatic carbocycles. The van der Waals surface area contributed by atoms with Gasteiger partial charge in [0.15, 0.2) is 0 Å². The van der Waals surface area contributed by atoms with Crippen LogP contribution in [-0.4, -0.2) is 50.3 Å². The van der Waals surface area contributed by atoms with Crippen molar-refractivity contribution in [2.24, 2.45) is 0 Å². The van der Waals surface area contributed by atoms with E-state index < -0.39 is 0 Å². The maximum Gasteiger partial charge on any atom is 0.0589 e. The summed E-state index contributed by atoms with van der Waals surface area (Å²) in [6.07, 6.45) is 2.44. The minimum atomic E-state index is 0.372. The third-order valence-electron chi connectivity index (χ3n) is 3.56. The van der Waals surface area contributed by atoms with Gasteiger partial charge in [-0.25, -0.2) is 0 Å². The van der Waals surface area contributed by atoms with E-state index in [-0.39, 0.29) is 0 Å². The second-order valence-corrected chi connectivity index (χ2v) is 4.09. The summed E-state index contributed by atoms with van der Waals surface area (Å²) in [6, 6.07) is 0. The summed E-state index contributed by atoms with van der Waals surface area (Å²) in [5, 5.41) is 3.50. The van der Waals surface area contributed by atoms with Gasteiger partial charge in [0.1, 0.15) is 0 Å². The number of nitrogens with one attached hydrogen (secondary N) is 1. The van der Waals surface area contributed by atoms with Crippen LogP contribution in [0.5, 0.6) is 0 Å². The number of hydrogen-bond acceptors (Lipinski definition) is 3. The van der Waals surface area contributed by atoms with Crippen LogP contribution in [0.2, 0.25) is 0 Å².